The molecular formula is C26H19F2N3O. The molecule has 4 nitrogen and oxygen atoms in total. The molecule has 32 heavy (non-hydrogen) atoms. The van der Waals surface area contributed by atoms with Gasteiger partial charge in [0.15, 0.2) is 0 Å². The van der Waals surface area contributed by atoms with Crippen LogP contribution in [0.3, 0.4) is 0 Å². The molecule has 0 fully saturated rings. The van der Waals surface area contributed by atoms with Gasteiger partial charge in [-0.2, -0.15) is 0 Å². The lowest BCUT2D eigenvalue weighted by Crippen LogP contribution is -2.13. The highest BCUT2D eigenvalue weighted by molar-refractivity contribution is 6.00. The van der Waals surface area contributed by atoms with Crippen molar-refractivity contribution < 1.29 is 13.6 Å². The summed E-state index contributed by atoms with van der Waals surface area (Å²) in [5.74, 6) is 5.12. The SMILES string of the molecule is Fc1ccccc1CON=C(Cn1ccnc1)c1ccc(C#Cc2ccccc2)cc1F. The van der Waals surface area contributed by atoms with Gasteiger partial charge in [0.25, 0.3) is 0 Å². The number of imidazole rings is 1. The maximum absolute atomic E-state index is 15.0. The fourth-order valence-electron chi connectivity index (χ4n) is 3.00. The molecule has 0 aliphatic carbocycles. The smallest absolute Gasteiger partial charge is 0.145 e. The Morgan fingerprint density at radius 3 is 2.44 bits per heavy atom. The van der Waals surface area contributed by atoms with Gasteiger partial charge in [-0.25, -0.2) is 13.8 Å². The Kier molecular flexibility index (Phi) is 6.69. The van der Waals surface area contributed by atoms with Crippen LogP contribution in [0.4, 0.5) is 8.78 Å². The average Bonchev–Trinajstić information content (AvgIpc) is 3.32. The second-order valence-corrected chi connectivity index (χ2v) is 6.95. The van der Waals surface area contributed by atoms with Crippen molar-refractivity contribution in [2.75, 3.05) is 0 Å². The normalized spacial score (nSPS) is 11.0. The quantitative estimate of drug-likeness (QED) is 0.242. The van der Waals surface area contributed by atoms with E-state index in [0.717, 1.165) is 5.56 Å². The van der Waals surface area contributed by atoms with Crippen LogP contribution in [-0.2, 0) is 18.0 Å². The molecule has 0 unspecified atom stereocenters. The molecule has 1 aromatic heterocycles. The minimum Gasteiger partial charge on any atom is -0.391 e. The predicted molar refractivity (Wildman–Crippen MR) is 119 cm³/mol. The minimum absolute atomic E-state index is 0.0671. The summed E-state index contributed by atoms with van der Waals surface area (Å²) in [5.41, 5.74) is 2.38. The molecule has 0 aliphatic heterocycles. The maximum atomic E-state index is 15.0. The van der Waals surface area contributed by atoms with Crippen LogP contribution in [0.2, 0.25) is 0 Å². The lowest BCUT2D eigenvalue weighted by atomic mass is 10.1. The van der Waals surface area contributed by atoms with Gasteiger partial charge in [0.2, 0.25) is 0 Å². The van der Waals surface area contributed by atoms with Crippen molar-refractivity contribution in [3.8, 4) is 11.8 Å². The summed E-state index contributed by atoms with van der Waals surface area (Å²) in [6.45, 7) is 0.172. The summed E-state index contributed by atoms with van der Waals surface area (Å²) in [6.07, 6.45) is 4.96. The van der Waals surface area contributed by atoms with Gasteiger partial charge in [0, 0.05) is 34.6 Å². The molecule has 0 radical (unpaired) electrons. The van der Waals surface area contributed by atoms with Crippen molar-refractivity contribution in [1.82, 2.24) is 9.55 Å². The number of aromatic nitrogens is 2. The molecule has 4 aromatic rings. The number of hydrogen-bond acceptors (Lipinski definition) is 3. The molecule has 158 valence electrons. The molecule has 3 aromatic carbocycles. The van der Waals surface area contributed by atoms with Crippen molar-refractivity contribution in [2.24, 2.45) is 5.16 Å². The first-order valence-electron chi connectivity index (χ1n) is 9.94. The van der Waals surface area contributed by atoms with E-state index in [1.807, 2.05) is 30.3 Å². The van der Waals surface area contributed by atoms with E-state index < -0.39 is 5.82 Å². The van der Waals surface area contributed by atoms with Gasteiger partial charge in [-0.15, -0.1) is 0 Å². The third kappa shape index (κ3) is 5.46. The van der Waals surface area contributed by atoms with Crippen LogP contribution in [0.25, 0.3) is 0 Å². The highest BCUT2D eigenvalue weighted by Gasteiger charge is 2.13. The number of oxime groups is 1. The van der Waals surface area contributed by atoms with Gasteiger partial charge in [-0.05, 0) is 36.4 Å². The van der Waals surface area contributed by atoms with Crippen LogP contribution in [0.1, 0.15) is 22.3 Å². The first-order chi connectivity index (χ1) is 15.7. The molecule has 0 saturated heterocycles. The van der Waals surface area contributed by atoms with Gasteiger partial charge < -0.3 is 9.40 Å². The van der Waals surface area contributed by atoms with Gasteiger partial charge in [0.1, 0.15) is 24.0 Å². The second kappa shape index (κ2) is 10.2. The molecule has 0 bridgehead atoms. The Bertz CT molecular complexity index is 1270. The topological polar surface area (TPSA) is 39.4 Å². The number of halogens is 2. The largest absolute Gasteiger partial charge is 0.391 e. The molecule has 1 heterocycles. The summed E-state index contributed by atoms with van der Waals surface area (Å²) in [6, 6.07) is 20.5. The van der Waals surface area contributed by atoms with E-state index in [4.69, 9.17) is 4.84 Å². The third-order valence-electron chi connectivity index (χ3n) is 4.65. The van der Waals surface area contributed by atoms with E-state index in [2.05, 4.69) is 22.0 Å². The monoisotopic (exact) mass is 427 g/mol. The lowest BCUT2D eigenvalue weighted by molar-refractivity contribution is 0.127. The van der Waals surface area contributed by atoms with Gasteiger partial charge >= 0.3 is 0 Å². The Morgan fingerprint density at radius 2 is 1.69 bits per heavy atom. The summed E-state index contributed by atoms with van der Waals surface area (Å²) in [4.78, 5) is 9.38. The number of rotatable bonds is 6. The first kappa shape index (κ1) is 21.0. The molecule has 4 rings (SSSR count). The summed E-state index contributed by atoms with van der Waals surface area (Å²) in [7, 11) is 0. The summed E-state index contributed by atoms with van der Waals surface area (Å²) in [5, 5.41) is 4.11. The molecule has 0 saturated carbocycles. The van der Waals surface area contributed by atoms with E-state index >= 15 is 0 Å². The van der Waals surface area contributed by atoms with Crippen LogP contribution < -0.4 is 0 Å². The summed E-state index contributed by atoms with van der Waals surface area (Å²) >= 11 is 0. The van der Waals surface area contributed by atoms with Crippen molar-refractivity contribution in [2.45, 2.75) is 13.2 Å². The van der Waals surface area contributed by atoms with Crippen molar-refractivity contribution in [3.63, 3.8) is 0 Å². The minimum atomic E-state index is -0.474. The van der Waals surface area contributed by atoms with Crippen molar-refractivity contribution in [1.29, 1.82) is 0 Å². The molecule has 0 aliphatic rings. The van der Waals surface area contributed by atoms with Crippen molar-refractivity contribution in [3.05, 3.63) is 125 Å². The zero-order chi connectivity index (χ0) is 22.2. The Morgan fingerprint density at radius 1 is 0.906 bits per heavy atom. The Labute approximate surface area is 184 Å². The first-order valence-corrected chi connectivity index (χ1v) is 9.94. The van der Waals surface area contributed by atoms with E-state index in [1.165, 1.54) is 12.1 Å². The van der Waals surface area contributed by atoms with E-state index in [1.54, 1.807) is 53.6 Å². The molecule has 0 amide bonds. The predicted octanol–water partition coefficient (Wildman–Crippen LogP) is 5.18. The van der Waals surface area contributed by atoms with Crippen LogP contribution in [0.15, 0.2) is 96.7 Å². The number of nitrogens with zero attached hydrogens (tertiary/aromatic N) is 3. The van der Waals surface area contributed by atoms with E-state index in [-0.39, 0.29) is 24.5 Å². The zero-order valence-corrected chi connectivity index (χ0v) is 17.1. The van der Waals surface area contributed by atoms with Gasteiger partial charge in [-0.1, -0.05) is 53.4 Å². The summed E-state index contributed by atoms with van der Waals surface area (Å²) < 4.78 is 30.6. The van der Waals surface area contributed by atoms with E-state index in [9.17, 15) is 8.78 Å². The molecule has 0 N–H and O–H groups in total. The Hall–Kier alpha value is -4.24. The van der Waals surface area contributed by atoms with Crippen LogP contribution >= 0.6 is 0 Å². The number of hydrogen-bond donors (Lipinski definition) is 0. The van der Waals surface area contributed by atoms with Gasteiger partial charge in [-0.3, -0.25) is 0 Å². The van der Waals surface area contributed by atoms with Gasteiger partial charge in [0.05, 0.1) is 12.9 Å². The third-order valence-corrected chi connectivity index (χ3v) is 4.65. The lowest BCUT2D eigenvalue weighted by Gasteiger charge is -2.10. The maximum Gasteiger partial charge on any atom is 0.145 e. The fourth-order valence-corrected chi connectivity index (χ4v) is 3.00. The van der Waals surface area contributed by atoms with Crippen LogP contribution in [0.5, 0.6) is 0 Å². The number of benzene rings is 3. The molecule has 6 heteroatoms. The standard InChI is InChI=1S/C26H19F2N3O/c27-24-9-5-4-8-22(24)18-32-30-26(17-31-15-14-29-19-31)23-13-12-21(16-25(23)28)11-10-20-6-2-1-3-7-20/h1-9,12-16,19H,17-18H2. The Balaban J connectivity index is 1.57. The average molecular weight is 427 g/mol. The zero-order valence-electron chi connectivity index (χ0n) is 17.1. The fraction of sp³-hybridized carbons (Fsp3) is 0.0769. The molecule has 0 atom stereocenters. The highest BCUT2D eigenvalue weighted by atomic mass is 19.1. The second-order valence-electron chi connectivity index (χ2n) is 6.95. The van der Waals surface area contributed by atoms with Crippen molar-refractivity contribution >= 4 is 5.71 Å². The van der Waals surface area contributed by atoms with E-state index in [0.29, 0.717) is 16.8 Å². The molecular weight excluding hydrogens is 408 g/mol. The molecule has 0 spiro atoms. The highest BCUT2D eigenvalue weighted by Crippen LogP contribution is 2.14. The van der Waals surface area contributed by atoms with Crippen LogP contribution in [0, 0.1) is 23.5 Å². The van der Waals surface area contributed by atoms with Crippen LogP contribution in [-0.4, -0.2) is 15.3 Å².